The predicted molar refractivity (Wildman–Crippen MR) is 91.2 cm³/mol. The molecule has 2 aromatic rings. The summed E-state index contributed by atoms with van der Waals surface area (Å²) in [7, 11) is 0. The highest BCUT2D eigenvalue weighted by Crippen LogP contribution is 2.38. The summed E-state index contributed by atoms with van der Waals surface area (Å²) < 4.78 is 12.3. The van der Waals surface area contributed by atoms with Gasteiger partial charge in [-0.25, -0.2) is 0 Å². The van der Waals surface area contributed by atoms with Crippen LogP contribution in [-0.4, -0.2) is 25.3 Å². The second kappa shape index (κ2) is 6.25. The number of nitrogens with one attached hydrogen (secondary N) is 1. The van der Waals surface area contributed by atoms with Crippen LogP contribution in [0, 0.1) is 0 Å². The van der Waals surface area contributed by atoms with E-state index in [0.717, 1.165) is 50.3 Å². The van der Waals surface area contributed by atoms with E-state index in [4.69, 9.17) is 9.47 Å². The second-order valence-electron chi connectivity index (χ2n) is 6.57. The predicted octanol–water partition coefficient (Wildman–Crippen LogP) is 3.37. The Balaban J connectivity index is 1.41. The highest BCUT2D eigenvalue weighted by Gasteiger charge is 2.39. The van der Waals surface area contributed by atoms with Crippen molar-refractivity contribution >= 4 is 0 Å². The number of rotatable bonds is 4. The van der Waals surface area contributed by atoms with Crippen LogP contribution in [0.15, 0.2) is 48.5 Å². The smallest absolute Gasteiger partial charge is 0.127 e. The van der Waals surface area contributed by atoms with Crippen LogP contribution >= 0.6 is 0 Å². The molecule has 0 saturated carbocycles. The summed E-state index contributed by atoms with van der Waals surface area (Å²) in [5, 5.41) is 3.42. The van der Waals surface area contributed by atoms with Crippen LogP contribution < -0.4 is 14.8 Å². The lowest BCUT2D eigenvalue weighted by molar-refractivity contribution is 0.0660. The number of benzene rings is 2. The molecule has 0 amide bonds. The molecule has 1 fully saturated rings. The first-order chi connectivity index (χ1) is 11.3. The zero-order valence-electron chi connectivity index (χ0n) is 13.4. The molecular weight excluding hydrogens is 286 g/mol. The van der Waals surface area contributed by atoms with E-state index in [2.05, 4.69) is 47.8 Å². The van der Waals surface area contributed by atoms with Crippen molar-refractivity contribution in [1.82, 2.24) is 5.32 Å². The fourth-order valence-corrected chi connectivity index (χ4v) is 3.53. The Morgan fingerprint density at radius 2 is 2.00 bits per heavy atom. The van der Waals surface area contributed by atoms with Gasteiger partial charge in [-0.2, -0.15) is 0 Å². The van der Waals surface area contributed by atoms with Crippen molar-refractivity contribution in [3.05, 3.63) is 59.7 Å². The Kier molecular flexibility index (Phi) is 3.96. The van der Waals surface area contributed by atoms with E-state index in [1.165, 1.54) is 11.1 Å². The first kappa shape index (κ1) is 14.6. The van der Waals surface area contributed by atoms with E-state index in [-0.39, 0.29) is 5.60 Å². The van der Waals surface area contributed by atoms with Crippen LogP contribution in [-0.2, 0) is 12.8 Å². The van der Waals surface area contributed by atoms with Crippen molar-refractivity contribution in [3.8, 4) is 11.5 Å². The summed E-state index contributed by atoms with van der Waals surface area (Å²) >= 11 is 0. The Morgan fingerprint density at radius 1 is 1.09 bits per heavy atom. The molecule has 4 rings (SSSR count). The molecular formula is C20H23NO2. The molecule has 1 unspecified atom stereocenters. The molecule has 1 atom stereocenters. The molecule has 23 heavy (non-hydrogen) atoms. The van der Waals surface area contributed by atoms with Gasteiger partial charge in [-0.15, -0.1) is 0 Å². The highest BCUT2D eigenvalue weighted by atomic mass is 16.5. The van der Waals surface area contributed by atoms with Gasteiger partial charge in [0.15, 0.2) is 0 Å². The monoisotopic (exact) mass is 309 g/mol. The minimum absolute atomic E-state index is 0.00959. The molecule has 0 aromatic heterocycles. The minimum Gasteiger partial charge on any atom is -0.493 e. The van der Waals surface area contributed by atoms with Crippen molar-refractivity contribution in [2.45, 2.75) is 31.3 Å². The van der Waals surface area contributed by atoms with E-state index in [0.29, 0.717) is 6.61 Å². The van der Waals surface area contributed by atoms with Crippen LogP contribution in [0.3, 0.4) is 0 Å². The molecule has 3 heteroatoms. The van der Waals surface area contributed by atoms with Gasteiger partial charge in [-0.3, -0.25) is 0 Å². The molecule has 1 saturated heterocycles. The molecule has 2 aliphatic rings. The van der Waals surface area contributed by atoms with Crippen LogP contribution in [0.4, 0.5) is 0 Å². The maximum Gasteiger partial charge on any atom is 0.127 e. The van der Waals surface area contributed by atoms with E-state index in [9.17, 15) is 0 Å². The number of fused-ring (bicyclic) bond motifs is 1. The number of aryl methyl sites for hydroxylation is 1. The average molecular weight is 309 g/mol. The van der Waals surface area contributed by atoms with Gasteiger partial charge < -0.3 is 14.8 Å². The normalized spacial score (nSPS) is 22.6. The van der Waals surface area contributed by atoms with Gasteiger partial charge in [0.1, 0.15) is 17.1 Å². The SMILES string of the molecule is c1ccc(CCOc2ccc3c(c2)OC2(CCNC2)CC3)cc1. The quantitative estimate of drug-likeness (QED) is 0.939. The molecule has 0 aliphatic carbocycles. The van der Waals surface area contributed by atoms with Gasteiger partial charge in [-0.1, -0.05) is 36.4 Å². The molecule has 120 valence electrons. The maximum absolute atomic E-state index is 6.34. The Hall–Kier alpha value is -2.00. The molecule has 2 aromatic carbocycles. The summed E-state index contributed by atoms with van der Waals surface area (Å²) in [4.78, 5) is 0. The standard InChI is InChI=1S/C20H23NO2/c1-2-4-16(5-3-1)9-13-22-18-7-6-17-8-10-20(11-12-21-15-20)23-19(17)14-18/h1-7,14,21H,8-13,15H2. The van der Waals surface area contributed by atoms with Crippen LogP contribution in [0.1, 0.15) is 24.0 Å². The van der Waals surface area contributed by atoms with Crippen molar-refractivity contribution < 1.29 is 9.47 Å². The fraction of sp³-hybridized carbons (Fsp3) is 0.400. The lowest BCUT2D eigenvalue weighted by atomic mass is 9.90. The van der Waals surface area contributed by atoms with Crippen molar-refractivity contribution in [2.75, 3.05) is 19.7 Å². The third-order valence-corrected chi connectivity index (χ3v) is 4.92. The largest absolute Gasteiger partial charge is 0.493 e. The van der Waals surface area contributed by atoms with Gasteiger partial charge in [0.2, 0.25) is 0 Å². The summed E-state index contributed by atoms with van der Waals surface area (Å²) in [5.41, 5.74) is 2.62. The Labute approximate surface area is 137 Å². The van der Waals surface area contributed by atoms with Crippen LogP contribution in [0.2, 0.25) is 0 Å². The average Bonchev–Trinajstić information content (AvgIpc) is 3.03. The van der Waals surface area contributed by atoms with Gasteiger partial charge in [0, 0.05) is 25.5 Å². The molecule has 1 spiro atoms. The summed E-state index contributed by atoms with van der Waals surface area (Å²) in [6, 6.07) is 16.7. The van der Waals surface area contributed by atoms with Crippen LogP contribution in [0.25, 0.3) is 0 Å². The highest BCUT2D eigenvalue weighted by molar-refractivity contribution is 5.43. The third kappa shape index (κ3) is 3.20. The molecule has 3 nitrogen and oxygen atoms in total. The summed E-state index contributed by atoms with van der Waals surface area (Å²) in [5.74, 6) is 1.92. The van der Waals surface area contributed by atoms with E-state index in [1.54, 1.807) is 0 Å². The fourth-order valence-electron chi connectivity index (χ4n) is 3.53. The number of hydrogen-bond acceptors (Lipinski definition) is 3. The van der Waals surface area contributed by atoms with Gasteiger partial charge in [0.05, 0.1) is 6.61 Å². The molecule has 0 radical (unpaired) electrons. The van der Waals surface area contributed by atoms with Gasteiger partial charge in [0.25, 0.3) is 0 Å². The Bertz CT molecular complexity index is 663. The zero-order chi connectivity index (χ0) is 15.5. The lowest BCUT2D eigenvalue weighted by Crippen LogP contribution is -2.41. The lowest BCUT2D eigenvalue weighted by Gasteiger charge is -2.35. The second-order valence-corrected chi connectivity index (χ2v) is 6.57. The third-order valence-electron chi connectivity index (χ3n) is 4.92. The molecule has 0 bridgehead atoms. The van der Waals surface area contributed by atoms with E-state index >= 15 is 0 Å². The van der Waals surface area contributed by atoms with Gasteiger partial charge >= 0.3 is 0 Å². The van der Waals surface area contributed by atoms with Crippen LogP contribution in [0.5, 0.6) is 11.5 Å². The van der Waals surface area contributed by atoms with Crippen molar-refractivity contribution in [2.24, 2.45) is 0 Å². The van der Waals surface area contributed by atoms with E-state index in [1.807, 2.05) is 6.07 Å². The van der Waals surface area contributed by atoms with Crippen molar-refractivity contribution in [3.63, 3.8) is 0 Å². The summed E-state index contributed by atoms with van der Waals surface area (Å²) in [6.45, 7) is 2.71. The Morgan fingerprint density at radius 3 is 2.83 bits per heavy atom. The number of ether oxygens (including phenoxy) is 2. The maximum atomic E-state index is 6.34. The molecule has 1 N–H and O–H groups in total. The van der Waals surface area contributed by atoms with Gasteiger partial charge in [-0.05, 0) is 36.6 Å². The first-order valence-corrected chi connectivity index (χ1v) is 8.52. The molecule has 2 aliphatic heterocycles. The first-order valence-electron chi connectivity index (χ1n) is 8.52. The topological polar surface area (TPSA) is 30.5 Å². The van der Waals surface area contributed by atoms with Crippen molar-refractivity contribution in [1.29, 1.82) is 0 Å². The zero-order valence-corrected chi connectivity index (χ0v) is 13.4. The van der Waals surface area contributed by atoms with E-state index < -0.39 is 0 Å². The number of hydrogen-bond donors (Lipinski definition) is 1. The minimum atomic E-state index is 0.00959. The summed E-state index contributed by atoms with van der Waals surface area (Å²) in [6.07, 6.45) is 4.24. The molecule has 2 heterocycles.